The number of benzene rings is 1. The van der Waals surface area contributed by atoms with Crippen LogP contribution in [-0.4, -0.2) is 5.91 Å². The number of carbonyl (C=O) groups excluding carboxylic acids is 1. The molecule has 5 heteroatoms. The summed E-state index contributed by atoms with van der Waals surface area (Å²) in [4.78, 5) is 11.0. The normalized spacial score (nSPS) is 10.9. The Morgan fingerprint density at radius 1 is 1.37 bits per heavy atom. The highest BCUT2D eigenvalue weighted by Crippen LogP contribution is 2.30. The number of aryl methyl sites for hydroxylation is 1. The lowest BCUT2D eigenvalue weighted by molar-refractivity contribution is -0.116. The van der Waals surface area contributed by atoms with E-state index >= 15 is 0 Å². The molecule has 0 bridgehead atoms. The fraction of sp³-hybridized carbons (Fsp3) is 0.0714. The number of carbonyl (C=O) groups is 1. The number of rotatable bonds is 3. The van der Waals surface area contributed by atoms with Crippen LogP contribution in [-0.2, 0) is 4.79 Å². The van der Waals surface area contributed by atoms with Gasteiger partial charge >= 0.3 is 0 Å². The van der Waals surface area contributed by atoms with Crippen LogP contribution >= 0.6 is 15.9 Å². The Labute approximate surface area is 119 Å². The van der Waals surface area contributed by atoms with Gasteiger partial charge in [-0.1, -0.05) is 22.0 Å². The molecule has 4 nitrogen and oxygen atoms in total. The molecule has 0 aliphatic heterocycles. The number of hydrazine groups is 1. The molecule has 1 aromatic heterocycles. The highest BCUT2D eigenvalue weighted by Gasteiger charge is 2.07. The molecule has 19 heavy (non-hydrogen) atoms. The second-order valence-corrected chi connectivity index (χ2v) is 4.88. The van der Waals surface area contributed by atoms with Crippen LogP contribution in [0.2, 0.25) is 0 Å². The van der Waals surface area contributed by atoms with Crippen molar-refractivity contribution in [2.75, 3.05) is 0 Å². The molecule has 1 amide bonds. The summed E-state index contributed by atoms with van der Waals surface area (Å²) < 4.78 is 6.62. The molecule has 98 valence electrons. The van der Waals surface area contributed by atoms with Crippen molar-refractivity contribution < 1.29 is 9.21 Å². The van der Waals surface area contributed by atoms with E-state index in [4.69, 9.17) is 10.3 Å². The third kappa shape index (κ3) is 3.33. The summed E-state index contributed by atoms with van der Waals surface area (Å²) in [6.07, 6.45) is 2.88. The Kier molecular flexibility index (Phi) is 4.19. The van der Waals surface area contributed by atoms with E-state index in [-0.39, 0.29) is 5.91 Å². The Morgan fingerprint density at radius 2 is 2.16 bits per heavy atom. The molecule has 2 aromatic rings. The van der Waals surface area contributed by atoms with Gasteiger partial charge in [-0.3, -0.25) is 10.2 Å². The second-order valence-electron chi connectivity index (χ2n) is 4.03. The first-order chi connectivity index (χ1) is 9.10. The van der Waals surface area contributed by atoms with Crippen LogP contribution in [0.3, 0.4) is 0 Å². The van der Waals surface area contributed by atoms with Crippen molar-refractivity contribution in [3.05, 3.63) is 52.2 Å². The highest BCUT2D eigenvalue weighted by atomic mass is 79.9. The molecule has 1 heterocycles. The lowest BCUT2D eigenvalue weighted by atomic mass is 10.1. The Morgan fingerprint density at radius 3 is 2.84 bits per heavy atom. The zero-order valence-corrected chi connectivity index (χ0v) is 11.9. The smallest absolute Gasteiger partial charge is 0.258 e. The van der Waals surface area contributed by atoms with Gasteiger partial charge < -0.3 is 4.42 Å². The van der Waals surface area contributed by atoms with Crippen molar-refractivity contribution in [3.8, 4) is 11.3 Å². The molecule has 0 atom stereocenters. The van der Waals surface area contributed by atoms with Gasteiger partial charge in [0, 0.05) is 16.1 Å². The van der Waals surface area contributed by atoms with Gasteiger partial charge in [0.2, 0.25) is 0 Å². The minimum absolute atomic E-state index is 0.380. The first-order valence-corrected chi connectivity index (χ1v) is 6.44. The maximum Gasteiger partial charge on any atom is 0.258 e. The lowest BCUT2D eigenvalue weighted by Crippen LogP contribution is -2.27. The van der Waals surface area contributed by atoms with Crippen LogP contribution in [0.4, 0.5) is 0 Å². The molecule has 0 saturated heterocycles. The SMILES string of the molecule is Cc1ccc(-c2ccc(/C=C/C(=O)NN)o2)c(Br)c1. The van der Waals surface area contributed by atoms with Gasteiger partial charge in [0.15, 0.2) is 0 Å². The van der Waals surface area contributed by atoms with Crippen molar-refractivity contribution in [2.24, 2.45) is 5.84 Å². The zero-order chi connectivity index (χ0) is 13.8. The maximum absolute atomic E-state index is 11.0. The third-order valence-electron chi connectivity index (χ3n) is 2.56. The standard InChI is InChI=1S/C14H13BrN2O2/c1-9-2-5-11(12(15)8-9)13-6-3-10(19-13)4-7-14(18)17-16/h2-8H,16H2,1H3,(H,17,18)/b7-4+. The van der Waals surface area contributed by atoms with Crippen molar-refractivity contribution in [1.29, 1.82) is 0 Å². The van der Waals surface area contributed by atoms with Crippen molar-refractivity contribution >= 4 is 27.9 Å². The molecule has 1 aromatic carbocycles. The number of nitrogens with one attached hydrogen (secondary N) is 1. The zero-order valence-electron chi connectivity index (χ0n) is 10.3. The summed E-state index contributed by atoms with van der Waals surface area (Å²) in [5.74, 6) is 5.92. The largest absolute Gasteiger partial charge is 0.457 e. The molecule has 0 unspecified atom stereocenters. The molecule has 0 aliphatic carbocycles. The minimum atomic E-state index is -0.380. The fourth-order valence-electron chi connectivity index (χ4n) is 1.61. The molecule has 0 fully saturated rings. The average molecular weight is 321 g/mol. The average Bonchev–Trinajstić information content (AvgIpc) is 2.84. The number of nitrogens with two attached hydrogens (primary N) is 1. The van der Waals surface area contributed by atoms with Crippen LogP contribution in [0.15, 0.2) is 45.3 Å². The van der Waals surface area contributed by atoms with E-state index < -0.39 is 0 Å². The van der Waals surface area contributed by atoms with Crippen molar-refractivity contribution in [1.82, 2.24) is 5.43 Å². The van der Waals surface area contributed by atoms with Gasteiger partial charge in [-0.15, -0.1) is 0 Å². The molecule has 2 rings (SSSR count). The topological polar surface area (TPSA) is 68.3 Å². The molecular formula is C14H13BrN2O2. The Bertz CT molecular complexity index is 632. The Balaban J connectivity index is 2.26. The van der Waals surface area contributed by atoms with E-state index in [0.29, 0.717) is 5.76 Å². The van der Waals surface area contributed by atoms with Gasteiger partial charge in [-0.2, -0.15) is 0 Å². The number of hydrogen-bond donors (Lipinski definition) is 2. The summed E-state index contributed by atoms with van der Waals surface area (Å²) in [5.41, 5.74) is 4.15. The van der Waals surface area contributed by atoms with Gasteiger partial charge in [-0.25, -0.2) is 5.84 Å². The summed E-state index contributed by atoms with van der Waals surface area (Å²) in [6, 6.07) is 9.67. The van der Waals surface area contributed by atoms with Crippen LogP contribution in [0.5, 0.6) is 0 Å². The number of furan rings is 1. The molecule has 0 radical (unpaired) electrons. The molecule has 0 spiro atoms. The van der Waals surface area contributed by atoms with E-state index in [1.807, 2.05) is 36.6 Å². The number of amides is 1. The van der Waals surface area contributed by atoms with Crippen molar-refractivity contribution in [2.45, 2.75) is 6.92 Å². The third-order valence-corrected chi connectivity index (χ3v) is 3.21. The predicted octanol–water partition coefficient (Wildman–Crippen LogP) is 3.02. The lowest BCUT2D eigenvalue weighted by Gasteiger charge is -2.01. The molecular weight excluding hydrogens is 308 g/mol. The van der Waals surface area contributed by atoms with E-state index in [0.717, 1.165) is 15.8 Å². The highest BCUT2D eigenvalue weighted by molar-refractivity contribution is 9.10. The van der Waals surface area contributed by atoms with Crippen LogP contribution in [0.1, 0.15) is 11.3 Å². The van der Waals surface area contributed by atoms with Gasteiger partial charge in [-0.05, 0) is 42.8 Å². The summed E-state index contributed by atoms with van der Waals surface area (Å²) in [5, 5.41) is 0. The van der Waals surface area contributed by atoms with Crippen molar-refractivity contribution in [3.63, 3.8) is 0 Å². The van der Waals surface area contributed by atoms with Crippen LogP contribution in [0, 0.1) is 6.92 Å². The van der Waals surface area contributed by atoms with E-state index in [9.17, 15) is 4.79 Å². The number of halogens is 1. The maximum atomic E-state index is 11.0. The van der Waals surface area contributed by atoms with E-state index in [2.05, 4.69) is 15.9 Å². The molecule has 0 aliphatic rings. The quantitative estimate of drug-likeness (QED) is 0.395. The summed E-state index contributed by atoms with van der Waals surface area (Å²) >= 11 is 3.51. The van der Waals surface area contributed by atoms with E-state index in [1.165, 1.54) is 11.6 Å². The molecule has 0 saturated carbocycles. The fourth-order valence-corrected chi connectivity index (χ4v) is 2.30. The number of hydrogen-bond acceptors (Lipinski definition) is 3. The second kappa shape index (κ2) is 5.86. The predicted molar refractivity (Wildman–Crippen MR) is 77.9 cm³/mol. The van der Waals surface area contributed by atoms with Gasteiger partial charge in [0.05, 0.1) is 0 Å². The van der Waals surface area contributed by atoms with Crippen LogP contribution < -0.4 is 11.3 Å². The first kappa shape index (κ1) is 13.6. The van der Waals surface area contributed by atoms with Crippen LogP contribution in [0.25, 0.3) is 17.4 Å². The van der Waals surface area contributed by atoms with Gasteiger partial charge in [0.25, 0.3) is 5.91 Å². The van der Waals surface area contributed by atoms with E-state index in [1.54, 1.807) is 12.1 Å². The van der Waals surface area contributed by atoms with Gasteiger partial charge in [0.1, 0.15) is 11.5 Å². The summed E-state index contributed by atoms with van der Waals surface area (Å²) in [7, 11) is 0. The summed E-state index contributed by atoms with van der Waals surface area (Å²) in [6.45, 7) is 2.02. The monoisotopic (exact) mass is 320 g/mol. The first-order valence-electron chi connectivity index (χ1n) is 5.65. The Hall–Kier alpha value is -1.85. The molecule has 3 N–H and O–H groups in total. The minimum Gasteiger partial charge on any atom is -0.457 e.